The Morgan fingerprint density at radius 2 is 1.84 bits per heavy atom. The second kappa shape index (κ2) is 7.81. The van der Waals surface area contributed by atoms with E-state index >= 15 is 0 Å². The lowest BCUT2D eigenvalue weighted by atomic mass is 9.74. The molecule has 0 atom stereocenters. The van der Waals surface area contributed by atoms with Gasteiger partial charge in [0.25, 0.3) is 0 Å². The van der Waals surface area contributed by atoms with Gasteiger partial charge in [0.1, 0.15) is 5.82 Å². The van der Waals surface area contributed by atoms with Crippen LogP contribution in [0, 0.1) is 11.7 Å². The van der Waals surface area contributed by atoms with Crippen molar-refractivity contribution in [2.75, 3.05) is 0 Å². The van der Waals surface area contributed by atoms with Gasteiger partial charge in [-0.2, -0.15) is 0 Å². The van der Waals surface area contributed by atoms with Crippen LogP contribution in [0.2, 0.25) is 0 Å². The quantitative estimate of drug-likeness (QED) is 0.697. The van der Waals surface area contributed by atoms with Gasteiger partial charge < -0.3 is 5.11 Å². The summed E-state index contributed by atoms with van der Waals surface area (Å²) < 4.78 is 13.7. The maximum absolute atomic E-state index is 13.7. The van der Waals surface area contributed by atoms with Crippen LogP contribution in [0.5, 0.6) is 0 Å². The lowest BCUT2D eigenvalue weighted by Crippen LogP contribution is -2.16. The molecular formula is C22H25FO2. The third kappa shape index (κ3) is 3.92. The molecule has 1 N–H and O–H groups in total. The highest BCUT2D eigenvalue weighted by atomic mass is 19.1. The van der Waals surface area contributed by atoms with E-state index in [0.717, 1.165) is 48.3 Å². The molecule has 132 valence electrons. The third-order valence-corrected chi connectivity index (χ3v) is 5.42. The summed E-state index contributed by atoms with van der Waals surface area (Å²) in [5, 5.41) is 9.68. The van der Waals surface area contributed by atoms with Gasteiger partial charge in [0.15, 0.2) is 0 Å². The van der Waals surface area contributed by atoms with Gasteiger partial charge in [-0.1, -0.05) is 44.0 Å². The van der Waals surface area contributed by atoms with E-state index in [9.17, 15) is 14.3 Å². The summed E-state index contributed by atoms with van der Waals surface area (Å²) in [6.07, 6.45) is 6.78. The van der Waals surface area contributed by atoms with Crippen molar-refractivity contribution < 1.29 is 14.3 Å². The summed E-state index contributed by atoms with van der Waals surface area (Å²) in [6.45, 7) is 2.22. The van der Waals surface area contributed by atoms with Gasteiger partial charge in [-0.15, -0.1) is 0 Å². The van der Waals surface area contributed by atoms with Gasteiger partial charge in [0, 0.05) is 0 Å². The minimum Gasteiger partial charge on any atom is -0.478 e. The summed E-state index contributed by atoms with van der Waals surface area (Å²) in [4.78, 5) is 11.8. The van der Waals surface area contributed by atoms with Crippen molar-refractivity contribution in [2.45, 2.75) is 51.4 Å². The molecule has 2 aromatic carbocycles. The number of hydrogen-bond acceptors (Lipinski definition) is 1. The molecule has 0 unspecified atom stereocenters. The standard InChI is InChI=1S/C22H25FO2/c1-2-5-15-10-12-16(13-11-15)21-19(8-4-9-20(21)22(24)25)17-6-3-7-18(23)14-17/h3-4,6-9,14-16H,2,5,10-13H2,1H3,(H,24,25). The summed E-state index contributed by atoms with van der Waals surface area (Å²) >= 11 is 0. The molecule has 0 heterocycles. The molecule has 0 aliphatic heterocycles. The highest BCUT2D eigenvalue weighted by Crippen LogP contribution is 2.42. The fourth-order valence-electron chi connectivity index (χ4n) is 4.25. The highest BCUT2D eigenvalue weighted by Gasteiger charge is 2.27. The topological polar surface area (TPSA) is 37.3 Å². The van der Waals surface area contributed by atoms with Crippen molar-refractivity contribution in [3.05, 3.63) is 59.4 Å². The Labute approximate surface area is 148 Å². The smallest absolute Gasteiger partial charge is 0.335 e. The van der Waals surface area contributed by atoms with Crippen LogP contribution in [-0.4, -0.2) is 11.1 Å². The van der Waals surface area contributed by atoms with E-state index in [4.69, 9.17) is 0 Å². The van der Waals surface area contributed by atoms with Gasteiger partial charge >= 0.3 is 5.97 Å². The molecule has 0 amide bonds. The molecular weight excluding hydrogens is 315 g/mol. The molecule has 25 heavy (non-hydrogen) atoms. The molecule has 0 saturated heterocycles. The zero-order chi connectivity index (χ0) is 17.8. The van der Waals surface area contributed by atoms with Crippen molar-refractivity contribution >= 4 is 5.97 Å². The summed E-state index contributed by atoms with van der Waals surface area (Å²) in [7, 11) is 0. The summed E-state index contributed by atoms with van der Waals surface area (Å²) in [5.41, 5.74) is 2.86. The fraction of sp³-hybridized carbons (Fsp3) is 0.409. The number of carbonyl (C=O) groups is 1. The van der Waals surface area contributed by atoms with E-state index < -0.39 is 5.97 Å². The Morgan fingerprint density at radius 3 is 2.48 bits per heavy atom. The molecule has 1 fully saturated rings. The van der Waals surface area contributed by atoms with E-state index in [1.54, 1.807) is 18.2 Å². The second-order valence-electron chi connectivity index (χ2n) is 7.09. The van der Waals surface area contributed by atoms with Crippen LogP contribution in [0.25, 0.3) is 11.1 Å². The SMILES string of the molecule is CCCC1CCC(c2c(C(=O)O)cccc2-c2cccc(F)c2)CC1. The van der Waals surface area contributed by atoms with Crippen LogP contribution in [0.3, 0.4) is 0 Å². The third-order valence-electron chi connectivity index (χ3n) is 5.42. The Balaban J connectivity index is 2.00. The first kappa shape index (κ1) is 17.7. The second-order valence-corrected chi connectivity index (χ2v) is 7.09. The lowest BCUT2D eigenvalue weighted by Gasteiger charge is -2.31. The fourth-order valence-corrected chi connectivity index (χ4v) is 4.25. The molecule has 0 bridgehead atoms. The predicted molar refractivity (Wildman–Crippen MR) is 98.4 cm³/mol. The average molecular weight is 340 g/mol. The first-order valence-corrected chi connectivity index (χ1v) is 9.22. The molecule has 0 spiro atoms. The van der Waals surface area contributed by atoms with Crippen molar-refractivity contribution in [2.24, 2.45) is 5.92 Å². The lowest BCUT2D eigenvalue weighted by molar-refractivity contribution is 0.0694. The largest absolute Gasteiger partial charge is 0.478 e. The van der Waals surface area contributed by atoms with Crippen LogP contribution in [0.1, 0.15) is 67.3 Å². The molecule has 2 nitrogen and oxygen atoms in total. The van der Waals surface area contributed by atoms with E-state index in [1.807, 2.05) is 12.1 Å². The predicted octanol–water partition coefficient (Wildman–Crippen LogP) is 6.26. The molecule has 1 saturated carbocycles. The van der Waals surface area contributed by atoms with E-state index in [1.165, 1.54) is 25.0 Å². The molecule has 3 rings (SSSR count). The Kier molecular flexibility index (Phi) is 5.52. The average Bonchev–Trinajstić information content (AvgIpc) is 2.62. The minimum atomic E-state index is -0.899. The number of aromatic carboxylic acids is 1. The maximum atomic E-state index is 13.7. The van der Waals surface area contributed by atoms with Crippen LogP contribution >= 0.6 is 0 Å². The summed E-state index contributed by atoms with van der Waals surface area (Å²) in [6, 6.07) is 11.8. The molecule has 0 radical (unpaired) electrons. The first-order valence-electron chi connectivity index (χ1n) is 9.22. The molecule has 3 heteroatoms. The number of halogens is 1. The summed E-state index contributed by atoms with van der Waals surface area (Å²) in [5.74, 6) is -0.200. The molecule has 0 aromatic heterocycles. The van der Waals surface area contributed by atoms with Crippen LogP contribution in [-0.2, 0) is 0 Å². The van der Waals surface area contributed by atoms with Crippen molar-refractivity contribution in [1.29, 1.82) is 0 Å². The van der Waals surface area contributed by atoms with Crippen LogP contribution < -0.4 is 0 Å². The number of hydrogen-bond donors (Lipinski definition) is 1. The monoisotopic (exact) mass is 340 g/mol. The van der Waals surface area contributed by atoms with E-state index in [-0.39, 0.29) is 11.7 Å². The van der Waals surface area contributed by atoms with Gasteiger partial charge in [-0.25, -0.2) is 9.18 Å². The highest BCUT2D eigenvalue weighted by molar-refractivity contribution is 5.92. The zero-order valence-corrected chi connectivity index (χ0v) is 14.7. The minimum absolute atomic E-state index is 0.235. The van der Waals surface area contributed by atoms with Crippen molar-refractivity contribution in [3.63, 3.8) is 0 Å². The maximum Gasteiger partial charge on any atom is 0.335 e. The number of carboxylic acid groups (broad SMARTS) is 1. The number of benzene rings is 2. The Hall–Kier alpha value is -2.16. The molecule has 1 aliphatic rings. The van der Waals surface area contributed by atoms with E-state index in [2.05, 4.69) is 6.92 Å². The normalized spacial score (nSPS) is 20.4. The number of carboxylic acids is 1. The van der Waals surface area contributed by atoms with Crippen LogP contribution in [0.4, 0.5) is 4.39 Å². The Morgan fingerprint density at radius 1 is 1.12 bits per heavy atom. The van der Waals surface area contributed by atoms with Crippen molar-refractivity contribution in [3.8, 4) is 11.1 Å². The van der Waals surface area contributed by atoms with Gasteiger partial charge in [0.2, 0.25) is 0 Å². The van der Waals surface area contributed by atoms with Crippen molar-refractivity contribution in [1.82, 2.24) is 0 Å². The van der Waals surface area contributed by atoms with Gasteiger partial charge in [-0.3, -0.25) is 0 Å². The zero-order valence-electron chi connectivity index (χ0n) is 14.7. The van der Waals surface area contributed by atoms with Gasteiger partial charge in [0.05, 0.1) is 5.56 Å². The molecule has 2 aromatic rings. The number of rotatable bonds is 5. The van der Waals surface area contributed by atoms with Crippen LogP contribution in [0.15, 0.2) is 42.5 Å². The van der Waals surface area contributed by atoms with Gasteiger partial charge in [-0.05, 0) is 72.4 Å². The molecule has 1 aliphatic carbocycles. The Bertz CT molecular complexity index is 745. The van der Waals surface area contributed by atoms with E-state index in [0.29, 0.717) is 5.56 Å². The first-order chi connectivity index (χ1) is 12.1.